The first-order valence-electron chi connectivity index (χ1n) is 10.3. The first kappa shape index (κ1) is 22.0. The van der Waals surface area contributed by atoms with Crippen molar-refractivity contribution in [3.8, 4) is 11.3 Å². The molecule has 8 heteroatoms. The summed E-state index contributed by atoms with van der Waals surface area (Å²) in [5, 5.41) is 2.76. The number of anilines is 2. The largest absolute Gasteiger partial charge is 0.451 e. The summed E-state index contributed by atoms with van der Waals surface area (Å²) in [6, 6.07) is 15.8. The summed E-state index contributed by atoms with van der Waals surface area (Å²) in [6.45, 7) is 1.95. The highest BCUT2D eigenvalue weighted by molar-refractivity contribution is 6.02. The van der Waals surface area contributed by atoms with Gasteiger partial charge in [0.2, 0.25) is 0 Å². The summed E-state index contributed by atoms with van der Waals surface area (Å²) in [7, 11) is 4.17. The summed E-state index contributed by atoms with van der Waals surface area (Å²) in [4.78, 5) is 17.1. The van der Waals surface area contributed by atoms with E-state index in [-0.39, 0.29) is 17.1 Å². The van der Waals surface area contributed by atoms with Crippen molar-refractivity contribution in [1.29, 1.82) is 0 Å². The molecule has 0 saturated carbocycles. The van der Waals surface area contributed by atoms with E-state index in [2.05, 4.69) is 29.2 Å². The number of carbonyl (C=O) groups excluding carboxylic acids is 1. The van der Waals surface area contributed by atoms with Crippen LogP contribution in [-0.4, -0.2) is 44.0 Å². The lowest BCUT2D eigenvalue weighted by Crippen LogP contribution is -2.31. The lowest BCUT2D eigenvalue weighted by Gasteiger charge is -2.22. The Kier molecular flexibility index (Phi) is 5.97. The molecule has 1 saturated heterocycles. The number of amides is 1. The van der Waals surface area contributed by atoms with Crippen molar-refractivity contribution in [1.82, 2.24) is 4.90 Å². The molecule has 0 spiro atoms. The van der Waals surface area contributed by atoms with Gasteiger partial charge in [-0.2, -0.15) is 13.2 Å². The van der Waals surface area contributed by atoms with Crippen molar-refractivity contribution < 1.29 is 22.4 Å². The highest BCUT2D eigenvalue weighted by atomic mass is 19.4. The fourth-order valence-electron chi connectivity index (χ4n) is 3.81. The summed E-state index contributed by atoms with van der Waals surface area (Å²) in [5.74, 6) is -0.249. The molecular formula is C24H24F3N3O2. The zero-order chi connectivity index (χ0) is 22.9. The van der Waals surface area contributed by atoms with Gasteiger partial charge in [-0.05, 0) is 69.0 Å². The van der Waals surface area contributed by atoms with Gasteiger partial charge in [0.15, 0.2) is 5.76 Å². The molecule has 5 nitrogen and oxygen atoms in total. The average Bonchev–Trinajstić information content (AvgIpc) is 3.44. The second-order valence-electron chi connectivity index (χ2n) is 8.10. The molecule has 4 rings (SSSR count). The Balaban J connectivity index is 1.42. The third-order valence-corrected chi connectivity index (χ3v) is 5.69. The van der Waals surface area contributed by atoms with Crippen LogP contribution in [0.2, 0.25) is 0 Å². The zero-order valence-electron chi connectivity index (χ0n) is 17.8. The van der Waals surface area contributed by atoms with Gasteiger partial charge in [-0.15, -0.1) is 0 Å². The second-order valence-corrected chi connectivity index (χ2v) is 8.10. The summed E-state index contributed by atoms with van der Waals surface area (Å²) < 4.78 is 44.3. The van der Waals surface area contributed by atoms with Gasteiger partial charge in [0.25, 0.3) is 5.91 Å². The van der Waals surface area contributed by atoms with E-state index in [0.717, 1.165) is 37.3 Å². The van der Waals surface area contributed by atoms with Crippen LogP contribution in [0.3, 0.4) is 0 Å². The maximum Gasteiger partial charge on any atom is 0.416 e. The van der Waals surface area contributed by atoms with Crippen LogP contribution in [0.4, 0.5) is 24.5 Å². The van der Waals surface area contributed by atoms with Crippen LogP contribution in [0.1, 0.15) is 22.5 Å². The lowest BCUT2D eigenvalue weighted by atomic mass is 10.1. The number of hydrogen-bond donors (Lipinski definition) is 1. The molecule has 1 unspecified atom stereocenters. The molecule has 3 aromatic rings. The summed E-state index contributed by atoms with van der Waals surface area (Å²) in [6.07, 6.45) is -3.34. The third kappa shape index (κ3) is 4.80. The quantitative estimate of drug-likeness (QED) is 0.577. The van der Waals surface area contributed by atoms with Gasteiger partial charge < -0.3 is 19.5 Å². The Hall–Kier alpha value is -3.26. The minimum atomic E-state index is -4.45. The molecule has 1 aliphatic rings. The fourth-order valence-corrected chi connectivity index (χ4v) is 3.81. The smallest absolute Gasteiger partial charge is 0.416 e. The number of nitrogens with zero attached hydrogens (tertiary/aromatic N) is 2. The van der Waals surface area contributed by atoms with E-state index in [4.69, 9.17) is 4.42 Å². The Morgan fingerprint density at radius 2 is 1.84 bits per heavy atom. The maximum atomic E-state index is 12.9. The zero-order valence-corrected chi connectivity index (χ0v) is 17.8. The standard InChI is InChI=1S/C24H24F3N3O2/c1-29(2)20-12-13-30(15-20)19-8-6-18(7-9-19)28-23(31)22-11-10-21(32-22)16-4-3-5-17(14-16)24(25,26)27/h3-11,14,20H,12-13,15H2,1-2H3,(H,28,31). The third-order valence-electron chi connectivity index (χ3n) is 5.69. The average molecular weight is 443 g/mol. The molecule has 168 valence electrons. The van der Waals surface area contributed by atoms with E-state index in [0.29, 0.717) is 11.7 Å². The summed E-state index contributed by atoms with van der Waals surface area (Å²) >= 11 is 0. The van der Waals surface area contributed by atoms with E-state index >= 15 is 0 Å². The predicted molar refractivity (Wildman–Crippen MR) is 118 cm³/mol. The number of nitrogens with one attached hydrogen (secondary N) is 1. The molecule has 0 aliphatic carbocycles. The predicted octanol–water partition coefficient (Wildman–Crippen LogP) is 5.36. The SMILES string of the molecule is CN(C)C1CCN(c2ccc(NC(=O)c3ccc(-c4cccc(C(F)(F)F)c4)o3)cc2)C1. The molecule has 1 aromatic heterocycles. The van der Waals surface area contributed by atoms with Crippen molar-refractivity contribution in [2.75, 3.05) is 37.4 Å². The molecule has 1 amide bonds. The Labute approximate surface area is 184 Å². The Morgan fingerprint density at radius 1 is 1.09 bits per heavy atom. The number of benzene rings is 2. The van der Waals surface area contributed by atoms with Gasteiger partial charge in [0, 0.05) is 36.1 Å². The van der Waals surface area contributed by atoms with E-state index in [1.54, 1.807) is 0 Å². The monoisotopic (exact) mass is 443 g/mol. The van der Waals surface area contributed by atoms with E-state index in [9.17, 15) is 18.0 Å². The van der Waals surface area contributed by atoms with Crippen molar-refractivity contribution in [2.45, 2.75) is 18.6 Å². The van der Waals surface area contributed by atoms with E-state index < -0.39 is 17.6 Å². The molecule has 1 aliphatic heterocycles. The molecule has 0 radical (unpaired) electrons. The topological polar surface area (TPSA) is 48.7 Å². The van der Waals surface area contributed by atoms with Crippen LogP contribution in [0.25, 0.3) is 11.3 Å². The maximum absolute atomic E-state index is 12.9. The number of rotatable bonds is 5. The summed E-state index contributed by atoms with van der Waals surface area (Å²) in [5.41, 5.74) is 1.19. The van der Waals surface area contributed by atoms with Gasteiger partial charge in [-0.3, -0.25) is 4.79 Å². The number of hydrogen-bond acceptors (Lipinski definition) is 4. The number of likely N-dealkylation sites (N-methyl/N-ethyl adjacent to an activating group) is 1. The molecule has 1 fully saturated rings. The Bertz CT molecular complexity index is 1090. The van der Waals surface area contributed by atoms with Crippen LogP contribution in [-0.2, 0) is 6.18 Å². The van der Waals surface area contributed by atoms with Crippen LogP contribution < -0.4 is 10.2 Å². The van der Waals surface area contributed by atoms with Gasteiger partial charge in [0.05, 0.1) is 5.56 Å². The minimum absolute atomic E-state index is 0.0230. The molecule has 1 atom stereocenters. The van der Waals surface area contributed by atoms with E-state index in [1.165, 1.54) is 24.3 Å². The van der Waals surface area contributed by atoms with Crippen LogP contribution in [0.15, 0.2) is 65.1 Å². The van der Waals surface area contributed by atoms with Crippen LogP contribution >= 0.6 is 0 Å². The molecule has 2 aromatic carbocycles. The second kappa shape index (κ2) is 8.70. The Morgan fingerprint density at radius 3 is 2.50 bits per heavy atom. The number of halogens is 3. The van der Waals surface area contributed by atoms with Gasteiger partial charge in [0.1, 0.15) is 5.76 Å². The normalized spacial score (nSPS) is 16.6. The first-order chi connectivity index (χ1) is 15.2. The van der Waals surface area contributed by atoms with Crippen LogP contribution in [0.5, 0.6) is 0 Å². The molecule has 32 heavy (non-hydrogen) atoms. The number of alkyl halides is 3. The highest BCUT2D eigenvalue weighted by Crippen LogP contribution is 2.33. The number of carbonyl (C=O) groups is 1. The number of furan rings is 1. The van der Waals surface area contributed by atoms with Crippen LogP contribution in [0, 0.1) is 0 Å². The molecule has 1 N–H and O–H groups in total. The highest BCUT2D eigenvalue weighted by Gasteiger charge is 2.30. The molecule has 0 bridgehead atoms. The minimum Gasteiger partial charge on any atom is -0.451 e. The van der Waals surface area contributed by atoms with Crippen molar-refractivity contribution >= 4 is 17.3 Å². The van der Waals surface area contributed by atoms with Gasteiger partial charge in [-0.1, -0.05) is 12.1 Å². The van der Waals surface area contributed by atoms with Crippen molar-refractivity contribution in [3.63, 3.8) is 0 Å². The van der Waals surface area contributed by atoms with Crippen molar-refractivity contribution in [2.24, 2.45) is 0 Å². The molecular weight excluding hydrogens is 419 g/mol. The lowest BCUT2D eigenvalue weighted by molar-refractivity contribution is -0.137. The molecule has 2 heterocycles. The van der Waals surface area contributed by atoms with Gasteiger partial charge >= 0.3 is 6.18 Å². The van der Waals surface area contributed by atoms with Gasteiger partial charge in [-0.25, -0.2) is 0 Å². The first-order valence-corrected chi connectivity index (χ1v) is 10.3. The van der Waals surface area contributed by atoms with Crippen molar-refractivity contribution in [3.05, 3.63) is 72.0 Å². The fraction of sp³-hybridized carbons (Fsp3) is 0.292. The van der Waals surface area contributed by atoms with E-state index in [1.807, 2.05) is 24.3 Å².